The van der Waals surface area contributed by atoms with Gasteiger partial charge in [0.1, 0.15) is 5.75 Å². The smallest absolute Gasteiger partial charge is 0.124 e. The molecule has 0 aliphatic heterocycles. The SMILES string of the molecule is COc1ccc(Cl)cc1[C@H](O)CCN. The summed E-state index contributed by atoms with van der Waals surface area (Å²) in [5.41, 5.74) is 6.05. The van der Waals surface area contributed by atoms with Crippen LogP contribution in [0.3, 0.4) is 0 Å². The molecular weight excluding hydrogens is 202 g/mol. The zero-order chi connectivity index (χ0) is 10.6. The minimum Gasteiger partial charge on any atom is -0.496 e. The van der Waals surface area contributed by atoms with Crippen LogP contribution in [0.5, 0.6) is 5.75 Å². The van der Waals surface area contributed by atoms with E-state index in [4.69, 9.17) is 22.1 Å². The highest BCUT2D eigenvalue weighted by Gasteiger charge is 2.12. The van der Waals surface area contributed by atoms with Crippen molar-refractivity contribution < 1.29 is 9.84 Å². The summed E-state index contributed by atoms with van der Waals surface area (Å²) in [7, 11) is 1.56. The van der Waals surface area contributed by atoms with E-state index in [0.717, 1.165) is 0 Å². The van der Waals surface area contributed by atoms with Crippen LogP contribution < -0.4 is 10.5 Å². The van der Waals surface area contributed by atoms with Crippen molar-refractivity contribution in [3.63, 3.8) is 0 Å². The molecule has 0 bridgehead atoms. The zero-order valence-corrected chi connectivity index (χ0v) is 8.79. The van der Waals surface area contributed by atoms with Crippen LogP contribution in [0.15, 0.2) is 18.2 Å². The van der Waals surface area contributed by atoms with E-state index >= 15 is 0 Å². The average Bonchev–Trinajstić information content (AvgIpc) is 2.18. The summed E-state index contributed by atoms with van der Waals surface area (Å²) in [6, 6.07) is 5.15. The maximum atomic E-state index is 9.74. The van der Waals surface area contributed by atoms with Crippen molar-refractivity contribution in [1.82, 2.24) is 0 Å². The van der Waals surface area contributed by atoms with Crippen molar-refractivity contribution in [3.05, 3.63) is 28.8 Å². The van der Waals surface area contributed by atoms with Crippen molar-refractivity contribution >= 4 is 11.6 Å². The van der Waals surface area contributed by atoms with Gasteiger partial charge in [-0.15, -0.1) is 0 Å². The molecule has 3 nitrogen and oxygen atoms in total. The summed E-state index contributed by atoms with van der Waals surface area (Å²) in [4.78, 5) is 0. The highest BCUT2D eigenvalue weighted by atomic mass is 35.5. The second-order valence-corrected chi connectivity index (χ2v) is 3.42. The monoisotopic (exact) mass is 215 g/mol. The van der Waals surface area contributed by atoms with Crippen LogP contribution >= 0.6 is 11.6 Å². The van der Waals surface area contributed by atoms with Gasteiger partial charge in [0.15, 0.2) is 0 Å². The van der Waals surface area contributed by atoms with Gasteiger partial charge in [0.2, 0.25) is 0 Å². The molecule has 1 aromatic rings. The lowest BCUT2D eigenvalue weighted by Crippen LogP contribution is -2.07. The minimum absolute atomic E-state index is 0.427. The molecule has 0 unspecified atom stereocenters. The van der Waals surface area contributed by atoms with Crippen LogP contribution in [-0.2, 0) is 0 Å². The Bertz CT molecular complexity index is 304. The molecule has 0 saturated heterocycles. The van der Waals surface area contributed by atoms with Crippen LogP contribution in [0.25, 0.3) is 0 Å². The molecular formula is C10H14ClNO2. The molecule has 0 fully saturated rings. The maximum absolute atomic E-state index is 9.74. The fourth-order valence-electron chi connectivity index (χ4n) is 1.28. The summed E-state index contributed by atoms with van der Waals surface area (Å²) in [6.07, 6.45) is -0.120. The van der Waals surface area contributed by atoms with Crippen LogP contribution in [0.4, 0.5) is 0 Å². The van der Waals surface area contributed by atoms with Gasteiger partial charge >= 0.3 is 0 Å². The van der Waals surface area contributed by atoms with E-state index < -0.39 is 6.10 Å². The number of methoxy groups -OCH3 is 1. The van der Waals surface area contributed by atoms with E-state index in [9.17, 15) is 5.11 Å². The van der Waals surface area contributed by atoms with Gasteiger partial charge in [-0.1, -0.05) is 11.6 Å². The first-order chi connectivity index (χ1) is 6.69. The number of hydrogen-bond acceptors (Lipinski definition) is 3. The molecule has 1 rings (SSSR count). The Morgan fingerprint density at radius 2 is 2.29 bits per heavy atom. The van der Waals surface area contributed by atoms with Gasteiger partial charge in [0, 0.05) is 10.6 Å². The van der Waals surface area contributed by atoms with E-state index in [1.807, 2.05) is 0 Å². The van der Waals surface area contributed by atoms with Gasteiger partial charge in [0.05, 0.1) is 13.2 Å². The summed E-state index contributed by atoms with van der Waals surface area (Å²) in [5, 5.41) is 10.3. The predicted octanol–water partition coefficient (Wildman–Crippen LogP) is 1.73. The summed E-state index contributed by atoms with van der Waals surface area (Å²) >= 11 is 5.82. The highest BCUT2D eigenvalue weighted by Crippen LogP contribution is 2.29. The Labute approximate surface area is 88.4 Å². The topological polar surface area (TPSA) is 55.5 Å². The van der Waals surface area contributed by atoms with E-state index in [0.29, 0.717) is 29.3 Å². The Hall–Kier alpha value is -0.770. The number of benzene rings is 1. The minimum atomic E-state index is -0.617. The number of rotatable bonds is 4. The number of aliphatic hydroxyl groups excluding tert-OH is 1. The van der Waals surface area contributed by atoms with Crippen molar-refractivity contribution in [2.24, 2.45) is 5.73 Å². The Kier molecular flexibility index (Phi) is 4.20. The van der Waals surface area contributed by atoms with E-state index in [-0.39, 0.29) is 0 Å². The lowest BCUT2D eigenvalue weighted by atomic mass is 10.1. The summed E-state index contributed by atoms with van der Waals surface area (Å²) < 4.78 is 5.11. The van der Waals surface area contributed by atoms with Crippen LogP contribution in [0, 0.1) is 0 Å². The summed E-state index contributed by atoms with van der Waals surface area (Å²) in [6.45, 7) is 0.427. The van der Waals surface area contributed by atoms with Gasteiger partial charge in [-0.3, -0.25) is 0 Å². The Morgan fingerprint density at radius 3 is 2.86 bits per heavy atom. The Morgan fingerprint density at radius 1 is 1.57 bits per heavy atom. The number of aliphatic hydroxyl groups is 1. The van der Waals surface area contributed by atoms with E-state index in [2.05, 4.69) is 0 Å². The maximum Gasteiger partial charge on any atom is 0.124 e. The first-order valence-electron chi connectivity index (χ1n) is 4.40. The molecule has 3 N–H and O–H groups in total. The fourth-order valence-corrected chi connectivity index (χ4v) is 1.46. The van der Waals surface area contributed by atoms with E-state index in [1.165, 1.54) is 0 Å². The second-order valence-electron chi connectivity index (χ2n) is 2.98. The quantitative estimate of drug-likeness (QED) is 0.805. The van der Waals surface area contributed by atoms with Crippen LogP contribution in [-0.4, -0.2) is 18.8 Å². The third kappa shape index (κ3) is 2.61. The van der Waals surface area contributed by atoms with Crippen molar-refractivity contribution in [3.8, 4) is 5.75 Å². The van der Waals surface area contributed by atoms with Crippen LogP contribution in [0.1, 0.15) is 18.1 Å². The molecule has 0 radical (unpaired) electrons. The van der Waals surface area contributed by atoms with Gasteiger partial charge in [-0.05, 0) is 31.2 Å². The second kappa shape index (κ2) is 5.20. The fraction of sp³-hybridized carbons (Fsp3) is 0.400. The molecule has 0 spiro atoms. The molecule has 0 aromatic heterocycles. The van der Waals surface area contributed by atoms with Gasteiger partial charge < -0.3 is 15.6 Å². The van der Waals surface area contributed by atoms with Crippen molar-refractivity contribution in [2.75, 3.05) is 13.7 Å². The first kappa shape index (κ1) is 11.3. The average molecular weight is 216 g/mol. The lowest BCUT2D eigenvalue weighted by Gasteiger charge is -2.14. The number of halogens is 1. The zero-order valence-electron chi connectivity index (χ0n) is 8.03. The summed E-state index contributed by atoms with van der Waals surface area (Å²) in [5.74, 6) is 0.635. The molecule has 14 heavy (non-hydrogen) atoms. The molecule has 1 atom stereocenters. The number of ether oxygens (including phenoxy) is 1. The molecule has 4 heteroatoms. The molecule has 0 aliphatic rings. The van der Waals surface area contributed by atoms with Gasteiger partial charge in [-0.25, -0.2) is 0 Å². The van der Waals surface area contributed by atoms with Gasteiger partial charge in [-0.2, -0.15) is 0 Å². The standard InChI is InChI=1S/C10H14ClNO2/c1-14-10-3-2-7(11)6-8(10)9(13)4-5-12/h2-3,6,9,13H,4-5,12H2,1H3/t9-/m1/s1. The molecule has 0 heterocycles. The van der Waals surface area contributed by atoms with E-state index in [1.54, 1.807) is 25.3 Å². The Balaban J connectivity index is 2.97. The van der Waals surface area contributed by atoms with Crippen LogP contribution in [0.2, 0.25) is 5.02 Å². The third-order valence-corrected chi connectivity index (χ3v) is 2.23. The normalized spacial score (nSPS) is 12.6. The molecule has 0 saturated carbocycles. The number of nitrogens with two attached hydrogens (primary N) is 1. The predicted molar refractivity (Wildman–Crippen MR) is 56.6 cm³/mol. The first-order valence-corrected chi connectivity index (χ1v) is 4.78. The van der Waals surface area contributed by atoms with Gasteiger partial charge in [0.25, 0.3) is 0 Å². The molecule has 78 valence electrons. The number of hydrogen-bond donors (Lipinski definition) is 2. The molecule has 0 amide bonds. The molecule has 0 aliphatic carbocycles. The third-order valence-electron chi connectivity index (χ3n) is 1.99. The lowest BCUT2D eigenvalue weighted by molar-refractivity contribution is 0.166. The highest BCUT2D eigenvalue weighted by molar-refractivity contribution is 6.30. The van der Waals surface area contributed by atoms with Crippen molar-refractivity contribution in [1.29, 1.82) is 0 Å². The molecule has 1 aromatic carbocycles. The van der Waals surface area contributed by atoms with Crippen molar-refractivity contribution in [2.45, 2.75) is 12.5 Å². The largest absolute Gasteiger partial charge is 0.496 e.